The Morgan fingerprint density at radius 2 is 1.21 bits per heavy atom. The molecule has 0 saturated carbocycles. The van der Waals surface area contributed by atoms with E-state index in [9.17, 15) is 9.59 Å². The summed E-state index contributed by atoms with van der Waals surface area (Å²) in [5.74, 6) is -0.502. The lowest BCUT2D eigenvalue weighted by Crippen LogP contribution is -2.40. The van der Waals surface area contributed by atoms with Gasteiger partial charge >= 0.3 is 0 Å². The molecule has 39 heavy (non-hydrogen) atoms. The van der Waals surface area contributed by atoms with Crippen molar-refractivity contribution in [2.24, 2.45) is 0 Å². The number of imide groups is 1. The van der Waals surface area contributed by atoms with Crippen LogP contribution in [-0.2, 0) is 19.1 Å². The minimum atomic E-state index is -0.574. The largest absolute Gasteiger partial charge is 0.351 e. The van der Waals surface area contributed by atoms with Gasteiger partial charge in [-0.1, -0.05) is 108 Å². The maximum Gasteiger partial charge on any atom is 0.261 e. The summed E-state index contributed by atoms with van der Waals surface area (Å²) in [7, 11) is 0. The second-order valence-corrected chi connectivity index (χ2v) is 10.6. The van der Waals surface area contributed by atoms with Crippen LogP contribution in [0.15, 0.2) is 47.6 Å². The second kappa shape index (κ2) is 23.9. The topological polar surface area (TPSA) is 55.8 Å². The van der Waals surface area contributed by atoms with Gasteiger partial charge in [0.05, 0.1) is 6.54 Å². The zero-order valence-electron chi connectivity index (χ0n) is 25.6. The van der Waals surface area contributed by atoms with E-state index in [0.717, 1.165) is 32.1 Å². The van der Waals surface area contributed by atoms with Crippen LogP contribution in [0.1, 0.15) is 130 Å². The molecule has 0 saturated heterocycles. The lowest BCUT2D eigenvalue weighted by molar-refractivity contribution is -0.165. The summed E-state index contributed by atoms with van der Waals surface area (Å²) >= 11 is 0. The lowest BCUT2D eigenvalue weighted by Gasteiger charge is -2.24. The van der Waals surface area contributed by atoms with Crippen molar-refractivity contribution < 1.29 is 19.1 Å². The van der Waals surface area contributed by atoms with Gasteiger partial charge in [0.15, 0.2) is 6.29 Å². The molecule has 1 aliphatic rings. The summed E-state index contributed by atoms with van der Waals surface area (Å²) in [5, 5.41) is 0. The van der Waals surface area contributed by atoms with Crippen LogP contribution >= 0.6 is 0 Å². The molecular formula is C34H57NO4. The van der Waals surface area contributed by atoms with Gasteiger partial charge in [-0.05, 0) is 58.8 Å². The Bertz CT molecular complexity index is 780. The smallest absolute Gasteiger partial charge is 0.261 e. The number of allylic oxidation sites excluding steroid dienone is 5. The number of nitrogens with zero attached hydrogens (tertiary/aromatic N) is 1. The highest BCUT2D eigenvalue weighted by Crippen LogP contribution is 2.22. The molecular weight excluding hydrogens is 486 g/mol. The van der Waals surface area contributed by atoms with Crippen molar-refractivity contribution in [1.29, 1.82) is 0 Å². The third kappa shape index (κ3) is 16.0. The third-order valence-corrected chi connectivity index (χ3v) is 7.06. The highest BCUT2D eigenvalue weighted by Gasteiger charge is 2.36. The van der Waals surface area contributed by atoms with Gasteiger partial charge in [-0.2, -0.15) is 0 Å². The van der Waals surface area contributed by atoms with E-state index in [1.165, 1.54) is 75.5 Å². The van der Waals surface area contributed by atoms with E-state index in [4.69, 9.17) is 9.47 Å². The number of hydrogen-bond acceptors (Lipinski definition) is 4. The molecule has 0 aromatic carbocycles. The predicted octanol–water partition coefficient (Wildman–Crippen LogP) is 9.00. The fourth-order valence-electron chi connectivity index (χ4n) is 4.60. The molecule has 1 heterocycles. The number of unbranched alkanes of at least 4 members (excludes halogenated alkanes) is 12. The number of hydrogen-bond donors (Lipinski definition) is 0. The van der Waals surface area contributed by atoms with Crippen molar-refractivity contribution in [1.82, 2.24) is 4.90 Å². The molecule has 1 atom stereocenters. The Morgan fingerprint density at radius 3 is 1.79 bits per heavy atom. The highest BCUT2D eigenvalue weighted by molar-refractivity contribution is 6.20. The third-order valence-electron chi connectivity index (χ3n) is 7.06. The molecule has 0 N–H and O–H groups in total. The Labute approximate surface area is 239 Å². The summed E-state index contributed by atoms with van der Waals surface area (Å²) in [4.78, 5) is 26.7. The average molecular weight is 544 g/mol. The molecule has 0 aromatic rings. The summed E-state index contributed by atoms with van der Waals surface area (Å²) in [6, 6.07) is 0. The van der Waals surface area contributed by atoms with Gasteiger partial charge in [-0.15, -0.1) is 0 Å². The Kier molecular flexibility index (Phi) is 21.4. The molecule has 1 unspecified atom stereocenters. The van der Waals surface area contributed by atoms with Crippen molar-refractivity contribution in [3.05, 3.63) is 47.6 Å². The van der Waals surface area contributed by atoms with Crippen LogP contribution in [-0.4, -0.2) is 42.8 Å². The minimum Gasteiger partial charge on any atom is -0.351 e. The number of rotatable bonds is 25. The monoisotopic (exact) mass is 543 g/mol. The lowest BCUT2D eigenvalue weighted by atomic mass is 10.1. The van der Waals surface area contributed by atoms with E-state index in [1.54, 1.807) is 19.1 Å². The van der Waals surface area contributed by atoms with Crippen molar-refractivity contribution in [2.75, 3.05) is 19.8 Å². The fourth-order valence-corrected chi connectivity index (χ4v) is 4.60. The van der Waals surface area contributed by atoms with E-state index >= 15 is 0 Å². The molecule has 0 bridgehead atoms. The van der Waals surface area contributed by atoms with Gasteiger partial charge in [0.25, 0.3) is 11.8 Å². The molecule has 0 spiro atoms. The van der Waals surface area contributed by atoms with E-state index in [2.05, 4.69) is 38.2 Å². The first-order valence-electron chi connectivity index (χ1n) is 15.8. The molecule has 222 valence electrons. The molecule has 2 amide bonds. The molecule has 0 fully saturated rings. The number of carbonyl (C=O) groups excluding carboxylic acids is 2. The average Bonchev–Trinajstić information content (AvgIpc) is 3.13. The van der Waals surface area contributed by atoms with E-state index in [-0.39, 0.29) is 18.4 Å². The molecule has 0 aromatic heterocycles. The molecule has 1 aliphatic heterocycles. The van der Waals surface area contributed by atoms with Crippen molar-refractivity contribution in [2.45, 2.75) is 137 Å². The van der Waals surface area contributed by atoms with Gasteiger partial charge < -0.3 is 9.47 Å². The summed E-state index contributed by atoms with van der Waals surface area (Å²) in [6.45, 7) is 9.29. The predicted molar refractivity (Wildman–Crippen MR) is 163 cm³/mol. The van der Waals surface area contributed by atoms with Crippen LogP contribution < -0.4 is 0 Å². The van der Waals surface area contributed by atoms with Crippen molar-refractivity contribution >= 4 is 11.8 Å². The summed E-state index contributed by atoms with van der Waals surface area (Å²) in [6.07, 6.45) is 31.0. The van der Waals surface area contributed by atoms with E-state index in [0.29, 0.717) is 24.4 Å². The van der Waals surface area contributed by atoms with Gasteiger partial charge in [-0.25, -0.2) is 0 Å². The van der Waals surface area contributed by atoms with E-state index in [1.807, 2.05) is 6.92 Å². The van der Waals surface area contributed by atoms with Gasteiger partial charge in [0.2, 0.25) is 0 Å². The Balaban J connectivity index is 2.25. The Hall–Kier alpha value is -1.98. The van der Waals surface area contributed by atoms with Crippen molar-refractivity contribution in [3.8, 4) is 0 Å². The minimum absolute atomic E-state index is 0.145. The number of carbonyl (C=O) groups is 2. The zero-order chi connectivity index (χ0) is 28.6. The van der Waals surface area contributed by atoms with E-state index < -0.39 is 6.29 Å². The normalized spacial score (nSPS) is 15.3. The first-order chi connectivity index (χ1) is 19.1. The summed E-state index contributed by atoms with van der Waals surface area (Å²) in [5.41, 5.74) is 0.958. The Morgan fingerprint density at radius 1 is 0.692 bits per heavy atom. The van der Waals surface area contributed by atoms with Crippen LogP contribution in [0.3, 0.4) is 0 Å². The van der Waals surface area contributed by atoms with Crippen LogP contribution in [0, 0.1) is 0 Å². The zero-order valence-corrected chi connectivity index (χ0v) is 25.6. The first-order valence-corrected chi connectivity index (χ1v) is 15.8. The van der Waals surface area contributed by atoms with Crippen LogP contribution in [0.4, 0.5) is 0 Å². The second-order valence-electron chi connectivity index (χ2n) is 10.6. The van der Waals surface area contributed by atoms with Crippen LogP contribution in [0.25, 0.3) is 0 Å². The number of amides is 2. The van der Waals surface area contributed by atoms with Gasteiger partial charge in [0, 0.05) is 24.4 Å². The van der Waals surface area contributed by atoms with Crippen LogP contribution in [0.5, 0.6) is 0 Å². The molecule has 5 nitrogen and oxygen atoms in total. The summed E-state index contributed by atoms with van der Waals surface area (Å²) < 4.78 is 12.0. The maximum absolute atomic E-state index is 12.8. The fraction of sp³-hybridized carbons (Fsp3) is 0.706. The standard InChI is InChI=1S/C34H57NO4/c1-5-8-10-12-13-14-15-16-17-18-19-20-21-22-23-25-28-39-32(38-27-24-11-9-6-2)29-35-33(36)30(4)31(26-7-3)34(35)37/h7,13-14,16-17,26,32H,5-6,8-12,15,18-25,27-29H2,1-4H3. The quantitative estimate of drug-likeness (QED) is 0.0499. The van der Waals surface area contributed by atoms with Crippen molar-refractivity contribution in [3.63, 3.8) is 0 Å². The molecule has 1 rings (SSSR count). The number of ether oxygens (including phenoxy) is 2. The molecule has 0 aliphatic carbocycles. The molecule has 5 heteroatoms. The SMILES string of the molecule is CC=CC1=C(C)C(=O)N(CC(OCCCCCC)OCCCCCCCCC=CCC=CCCCCC)C1=O. The van der Waals surface area contributed by atoms with Crippen LogP contribution in [0.2, 0.25) is 0 Å². The van der Waals surface area contributed by atoms with Gasteiger partial charge in [-0.3, -0.25) is 14.5 Å². The van der Waals surface area contributed by atoms with Gasteiger partial charge in [0.1, 0.15) is 0 Å². The molecule has 0 radical (unpaired) electrons. The highest BCUT2D eigenvalue weighted by atomic mass is 16.7. The maximum atomic E-state index is 12.8. The first kappa shape index (κ1) is 35.0.